The summed E-state index contributed by atoms with van der Waals surface area (Å²) in [7, 11) is 0. The third-order valence-electron chi connectivity index (χ3n) is 9.44. The lowest BCUT2D eigenvalue weighted by atomic mass is 9.77. The third kappa shape index (κ3) is 5.12. The molecule has 230 valence electrons. The van der Waals surface area contributed by atoms with Gasteiger partial charge in [0.05, 0.1) is 11.2 Å². The summed E-state index contributed by atoms with van der Waals surface area (Å²) in [5.41, 5.74) is 8.23. The second-order valence-electron chi connectivity index (χ2n) is 12.1. The van der Waals surface area contributed by atoms with Crippen molar-refractivity contribution in [3.63, 3.8) is 0 Å². The Bertz CT molecular complexity index is 2010. The molecule has 4 aromatic carbocycles. The Morgan fingerprint density at radius 2 is 1.17 bits per heavy atom. The van der Waals surface area contributed by atoms with E-state index in [1.165, 1.54) is 5.69 Å². The summed E-state index contributed by atoms with van der Waals surface area (Å²) in [6, 6.07) is 47.0. The highest BCUT2D eigenvalue weighted by molar-refractivity contribution is 5.95. The molecule has 1 aliphatic heterocycles. The van der Waals surface area contributed by atoms with Crippen LogP contribution in [0, 0.1) is 6.92 Å². The number of hydrogen-bond acceptors (Lipinski definition) is 5. The average Bonchev–Trinajstić information content (AvgIpc) is 3.54. The SMILES string of the molecule is Cc1nn(C(c2ccccc2)(c2ccccc2)c2ccccc2)cc1-c1ccc2nccc(N3CCN(c4ccccn4)CC3)c2c1. The number of fused-ring (bicyclic) bond motifs is 1. The zero-order valence-corrected chi connectivity index (χ0v) is 26.4. The lowest BCUT2D eigenvalue weighted by Crippen LogP contribution is -2.46. The van der Waals surface area contributed by atoms with Crippen LogP contribution in [-0.4, -0.2) is 45.9 Å². The molecule has 1 fully saturated rings. The molecule has 4 heterocycles. The first-order chi connectivity index (χ1) is 23.2. The van der Waals surface area contributed by atoms with Gasteiger partial charge in [0.15, 0.2) is 0 Å². The third-order valence-corrected chi connectivity index (χ3v) is 9.44. The fraction of sp³-hybridized carbons (Fsp3) is 0.146. The first kappa shape index (κ1) is 28.7. The summed E-state index contributed by atoms with van der Waals surface area (Å²) in [5.74, 6) is 1.04. The van der Waals surface area contributed by atoms with Crippen LogP contribution in [-0.2, 0) is 5.54 Å². The number of anilines is 2. The highest BCUT2D eigenvalue weighted by atomic mass is 15.3. The lowest BCUT2D eigenvalue weighted by molar-refractivity contribution is 0.458. The quantitative estimate of drug-likeness (QED) is 0.171. The molecule has 0 amide bonds. The van der Waals surface area contributed by atoms with Crippen LogP contribution < -0.4 is 9.80 Å². The second-order valence-corrected chi connectivity index (χ2v) is 12.1. The van der Waals surface area contributed by atoms with Crippen LogP contribution in [0.15, 0.2) is 152 Å². The van der Waals surface area contributed by atoms with Crippen molar-refractivity contribution >= 4 is 22.4 Å². The van der Waals surface area contributed by atoms with Crippen LogP contribution in [0.1, 0.15) is 22.4 Å². The van der Waals surface area contributed by atoms with Crippen molar-refractivity contribution in [3.05, 3.63) is 174 Å². The van der Waals surface area contributed by atoms with Crippen molar-refractivity contribution in [2.45, 2.75) is 12.5 Å². The van der Waals surface area contributed by atoms with Gasteiger partial charge in [-0.25, -0.2) is 4.98 Å². The van der Waals surface area contributed by atoms with E-state index in [1.807, 2.05) is 18.5 Å². The maximum absolute atomic E-state index is 5.30. The summed E-state index contributed by atoms with van der Waals surface area (Å²) < 4.78 is 2.17. The molecule has 0 unspecified atom stereocenters. The monoisotopic (exact) mass is 612 g/mol. The molecule has 0 N–H and O–H groups in total. The molecule has 3 aromatic heterocycles. The van der Waals surface area contributed by atoms with Crippen molar-refractivity contribution in [2.24, 2.45) is 0 Å². The van der Waals surface area contributed by atoms with E-state index in [0.717, 1.165) is 76.4 Å². The van der Waals surface area contributed by atoms with E-state index in [1.54, 1.807) is 0 Å². The van der Waals surface area contributed by atoms with Gasteiger partial charge in [0.25, 0.3) is 0 Å². The molecule has 7 aromatic rings. The molecule has 1 saturated heterocycles. The van der Waals surface area contributed by atoms with Crippen LogP contribution in [0.5, 0.6) is 0 Å². The maximum atomic E-state index is 5.30. The maximum Gasteiger partial charge on any atom is 0.138 e. The molecule has 0 aliphatic carbocycles. The highest BCUT2D eigenvalue weighted by Crippen LogP contribution is 2.42. The van der Waals surface area contributed by atoms with Crippen molar-refractivity contribution in [1.82, 2.24) is 19.7 Å². The Labute approximate surface area is 275 Å². The number of rotatable bonds is 7. The van der Waals surface area contributed by atoms with Gasteiger partial charge < -0.3 is 9.80 Å². The molecule has 6 nitrogen and oxygen atoms in total. The topological polar surface area (TPSA) is 50.1 Å². The Hall–Kier alpha value is -5.75. The number of benzene rings is 4. The Balaban J connectivity index is 1.22. The van der Waals surface area contributed by atoms with Crippen LogP contribution in [0.25, 0.3) is 22.0 Å². The molecule has 0 spiro atoms. The van der Waals surface area contributed by atoms with Gasteiger partial charge in [-0.15, -0.1) is 0 Å². The molecule has 0 radical (unpaired) electrons. The number of nitrogens with zero attached hydrogens (tertiary/aromatic N) is 6. The summed E-state index contributed by atoms with van der Waals surface area (Å²) >= 11 is 0. The number of hydrogen-bond donors (Lipinski definition) is 0. The van der Waals surface area contributed by atoms with Gasteiger partial charge in [-0.2, -0.15) is 5.10 Å². The summed E-state index contributed by atoms with van der Waals surface area (Å²) in [6.07, 6.45) is 6.03. The van der Waals surface area contributed by atoms with Crippen LogP contribution >= 0.6 is 0 Å². The highest BCUT2D eigenvalue weighted by Gasteiger charge is 2.39. The molecule has 0 bridgehead atoms. The van der Waals surface area contributed by atoms with E-state index < -0.39 is 5.54 Å². The molecule has 6 heteroatoms. The number of aromatic nitrogens is 4. The van der Waals surface area contributed by atoms with Crippen molar-refractivity contribution < 1.29 is 0 Å². The largest absolute Gasteiger partial charge is 0.367 e. The molecule has 0 saturated carbocycles. The predicted octanol–water partition coefficient (Wildman–Crippen LogP) is 7.97. The molecular weight excluding hydrogens is 576 g/mol. The second kappa shape index (κ2) is 12.2. The zero-order valence-electron chi connectivity index (χ0n) is 26.4. The van der Waals surface area contributed by atoms with E-state index in [2.05, 4.69) is 160 Å². The zero-order chi connectivity index (χ0) is 31.6. The van der Waals surface area contributed by atoms with E-state index in [-0.39, 0.29) is 0 Å². The van der Waals surface area contributed by atoms with Crippen LogP contribution in [0.2, 0.25) is 0 Å². The summed E-state index contributed by atoms with van der Waals surface area (Å²) in [6.45, 7) is 5.80. The normalized spacial score (nSPS) is 13.6. The van der Waals surface area contributed by atoms with Crippen LogP contribution in [0.4, 0.5) is 11.5 Å². The van der Waals surface area contributed by atoms with E-state index in [4.69, 9.17) is 10.1 Å². The van der Waals surface area contributed by atoms with Crippen LogP contribution in [0.3, 0.4) is 0 Å². The molecule has 47 heavy (non-hydrogen) atoms. The fourth-order valence-corrected chi connectivity index (χ4v) is 7.14. The Morgan fingerprint density at radius 3 is 1.77 bits per heavy atom. The number of pyridine rings is 2. The lowest BCUT2D eigenvalue weighted by Gasteiger charge is -2.37. The first-order valence-corrected chi connectivity index (χ1v) is 16.3. The first-order valence-electron chi connectivity index (χ1n) is 16.3. The Morgan fingerprint density at radius 1 is 0.574 bits per heavy atom. The minimum atomic E-state index is -0.663. The number of piperazine rings is 1. The summed E-state index contributed by atoms with van der Waals surface area (Å²) in [5, 5.41) is 6.45. The standard InChI is InChI=1S/C41H36N6/c1-31-37(30-47(44-31)41(33-13-5-2-6-14-33,34-15-7-3-8-16-34)35-17-9-4-10-18-35)32-20-21-38-36(29-32)39(22-24-42-38)45-25-27-46(28-26-45)40-19-11-12-23-43-40/h2-24,29-30H,25-28H2,1H3. The minimum Gasteiger partial charge on any atom is -0.367 e. The van der Waals surface area contributed by atoms with Gasteiger partial charge in [0.2, 0.25) is 0 Å². The molecule has 1 aliphatic rings. The van der Waals surface area contributed by atoms with Gasteiger partial charge in [-0.1, -0.05) is 103 Å². The fourth-order valence-electron chi connectivity index (χ4n) is 7.14. The van der Waals surface area contributed by atoms with Crippen molar-refractivity contribution in [1.29, 1.82) is 0 Å². The molecule has 0 atom stereocenters. The van der Waals surface area contributed by atoms with Gasteiger partial charge >= 0.3 is 0 Å². The van der Waals surface area contributed by atoms with Gasteiger partial charge in [0, 0.05) is 61.4 Å². The smallest absolute Gasteiger partial charge is 0.138 e. The van der Waals surface area contributed by atoms with Crippen molar-refractivity contribution in [2.75, 3.05) is 36.0 Å². The average molecular weight is 613 g/mol. The van der Waals surface area contributed by atoms with Gasteiger partial charge in [-0.3, -0.25) is 9.67 Å². The predicted molar refractivity (Wildman–Crippen MR) is 191 cm³/mol. The number of aryl methyl sites for hydroxylation is 1. The van der Waals surface area contributed by atoms with E-state index in [9.17, 15) is 0 Å². The van der Waals surface area contributed by atoms with Gasteiger partial charge in [0.1, 0.15) is 11.4 Å². The Kier molecular flexibility index (Phi) is 7.46. The van der Waals surface area contributed by atoms with E-state index in [0.29, 0.717) is 0 Å². The molecular formula is C41H36N6. The van der Waals surface area contributed by atoms with Crippen molar-refractivity contribution in [3.8, 4) is 11.1 Å². The minimum absolute atomic E-state index is 0.663. The molecule has 8 rings (SSSR count). The van der Waals surface area contributed by atoms with E-state index >= 15 is 0 Å². The summed E-state index contributed by atoms with van der Waals surface area (Å²) in [4.78, 5) is 14.2. The van der Waals surface area contributed by atoms with Gasteiger partial charge in [-0.05, 0) is 59.5 Å².